The lowest BCUT2D eigenvalue weighted by Crippen LogP contribution is -2.11. The van der Waals surface area contributed by atoms with E-state index >= 15 is 0 Å². The predicted molar refractivity (Wildman–Crippen MR) is 108 cm³/mol. The molecule has 1 aromatic heterocycles. The van der Waals surface area contributed by atoms with Crippen molar-refractivity contribution in [3.8, 4) is 11.5 Å². The Hall–Kier alpha value is -2.79. The molecule has 1 aliphatic rings. The zero-order valence-corrected chi connectivity index (χ0v) is 16.0. The summed E-state index contributed by atoms with van der Waals surface area (Å²) in [6.45, 7) is 0.456. The van der Waals surface area contributed by atoms with Crippen molar-refractivity contribution in [3.63, 3.8) is 0 Å². The summed E-state index contributed by atoms with van der Waals surface area (Å²) in [4.78, 5) is 13.1. The SMILES string of the molecule is COc1ccccc1NC(=O)c1cc(COc2ccc3c(c2)CCC3)cs1. The largest absolute Gasteiger partial charge is 0.495 e. The van der Waals surface area contributed by atoms with Crippen LogP contribution >= 0.6 is 11.3 Å². The quantitative estimate of drug-likeness (QED) is 0.650. The number of aryl methyl sites for hydroxylation is 2. The van der Waals surface area contributed by atoms with E-state index in [0.29, 0.717) is 22.9 Å². The maximum atomic E-state index is 12.5. The fourth-order valence-corrected chi connectivity index (χ4v) is 4.10. The van der Waals surface area contributed by atoms with Gasteiger partial charge in [-0.05, 0) is 66.1 Å². The first kappa shape index (κ1) is 17.6. The fraction of sp³-hybridized carbons (Fsp3) is 0.227. The van der Waals surface area contributed by atoms with Crippen LogP contribution in [0.1, 0.15) is 32.8 Å². The van der Waals surface area contributed by atoms with Crippen molar-refractivity contribution in [2.24, 2.45) is 0 Å². The van der Waals surface area contributed by atoms with E-state index in [1.165, 1.54) is 35.3 Å². The van der Waals surface area contributed by atoms with Gasteiger partial charge in [0.15, 0.2) is 0 Å². The Bertz CT molecular complexity index is 964. The average Bonchev–Trinajstić information content (AvgIpc) is 3.35. The van der Waals surface area contributed by atoms with Gasteiger partial charge in [-0.15, -0.1) is 11.3 Å². The van der Waals surface area contributed by atoms with E-state index in [2.05, 4.69) is 17.4 Å². The summed E-state index contributed by atoms with van der Waals surface area (Å²) < 4.78 is 11.2. The van der Waals surface area contributed by atoms with E-state index in [4.69, 9.17) is 9.47 Å². The van der Waals surface area contributed by atoms with Crippen molar-refractivity contribution < 1.29 is 14.3 Å². The number of amides is 1. The van der Waals surface area contributed by atoms with E-state index in [1.54, 1.807) is 7.11 Å². The van der Waals surface area contributed by atoms with E-state index in [0.717, 1.165) is 17.7 Å². The molecule has 0 spiro atoms. The maximum Gasteiger partial charge on any atom is 0.265 e. The minimum absolute atomic E-state index is 0.145. The number of hydrogen-bond donors (Lipinski definition) is 1. The highest BCUT2D eigenvalue weighted by atomic mass is 32.1. The first-order valence-electron chi connectivity index (χ1n) is 8.99. The molecule has 2 aromatic carbocycles. The zero-order valence-electron chi connectivity index (χ0n) is 15.2. The molecule has 138 valence electrons. The van der Waals surface area contributed by atoms with Crippen LogP contribution in [0.25, 0.3) is 0 Å². The molecule has 1 aliphatic carbocycles. The van der Waals surface area contributed by atoms with Crippen LogP contribution in [0, 0.1) is 0 Å². The number of rotatable bonds is 6. The van der Waals surface area contributed by atoms with Crippen molar-refractivity contribution in [1.29, 1.82) is 0 Å². The fourth-order valence-electron chi connectivity index (χ4n) is 3.31. The molecule has 1 amide bonds. The van der Waals surface area contributed by atoms with Crippen LogP contribution in [0.3, 0.4) is 0 Å². The Morgan fingerprint density at radius 2 is 1.96 bits per heavy atom. The normalized spacial score (nSPS) is 12.5. The van der Waals surface area contributed by atoms with Gasteiger partial charge >= 0.3 is 0 Å². The average molecular weight is 379 g/mol. The molecule has 27 heavy (non-hydrogen) atoms. The molecule has 0 saturated heterocycles. The first-order chi connectivity index (χ1) is 13.2. The van der Waals surface area contributed by atoms with Gasteiger partial charge < -0.3 is 14.8 Å². The number of hydrogen-bond acceptors (Lipinski definition) is 4. The third kappa shape index (κ3) is 3.98. The van der Waals surface area contributed by atoms with Gasteiger partial charge in [0.05, 0.1) is 17.7 Å². The van der Waals surface area contributed by atoms with E-state index in [9.17, 15) is 4.79 Å². The van der Waals surface area contributed by atoms with Gasteiger partial charge in [0.25, 0.3) is 5.91 Å². The van der Waals surface area contributed by atoms with Crippen LogP contribution in [0.4, 0.5) is 5.69 Å². The smallest absolute Gasteiger partial charge is 0.265 e. The Morgan fingerprint density at radius 3 is 2.85 bits per heavy atom. The van der Waals surface area contributed by atoms with Crippen molar-refractivity contribution in [3.05, 3.63) is 75.5 Å². The van der Waals surface area contributed by atoms with E-state index < -0.39 is 0 Å². The third-order valence-electron chi connectivity index (χ3n) is 4.71. The molecule has 0 aliphatic heterocycles. The Balaban J connectivity index is 1.38. The minimum Gasteiger partial charge on any atom is -0.495 e. The molecule has 1 N–H and O–H groups in total. The molecule has 1 heterocycles. The monoisotopic (exact) mass is 379 g/mol. The molecule has 5 heteroatoms. The van der Waals surface area contributed by atoms with Gasteiger partial charge in [-0.3, -0.25) is 4.79 Å². The predicted octanol–water partition coefficient (Wildman–Crippen LogP) is 5.08. The number of methoxy groups -OCH3 is 1. The Kier molecular flexibility index (Phi) is 5.12. The highest BCUT2D eigenvalue weighted by molar-refractivity contribution is 7.12. The summed E-state index contributed by atoms with van der Waals surface area (Å²) in [5.74, 6) is 1.39. The zero-order chi connectivity index (χ0) is 18.6. The first-order valence-corrected chi connectivity index (χ1v) is 9.87. The highest BCUT2D eigenvalue weighted by Crippen LogP contribution is 2.27. The number of carbonyl (C=O) groups excluding carboxylic acids is 1. The topological polar surface area (TPSA) is 47.6 Å². The van der Waals surface area contributed by atoms with Gasteiger partial charge in [-0.2, -0.15) is 0 Å². The van der Waals surface area contributed by atoms with Gasteiger partial charge in [-0.25, -0.2) is 0 Å². The molecule has 0 bridgehead atoms. The van der Waals surface area contributed by atoms with Crippen molar-refractivity contribution in [2.75, 3.05) is 12.4 Å². The Labute approximate surface area is 162 Å². The van der Waals surface area contributed by atoms with Crippen LogP contribution in [0.15, 0.2) is 53.9 Å². The second kappa shape index (κ2) is 7.84. The summed E-state index contributed by atoms with van der Waals surface area (Å²) >= 11 is 1.41. The lowest BCUT2D eigenvalue weighted by Gasteiger charge is -2.08. The van der Waals surface area contributed by atoms with Gasteiger partial charge in [-0.1, -0.05) is 18.2 Å². The molecule has 0 atom stereocenters. The number of nitrogens with one attached hydrogen (secondary N) is 1. The van der Waals surface area contributed by atoms with Crippen molar-refractivity contribution in [2.45, 2.75) is 25.9 Å². The summed E-state index contributed by atoms with van der Waals surface area (Å²) in [5.41, 5.74) is 4.49. The molecule has 4 rings (SSSR count). The molecule has 3 aromatic rings. The minimum atomic E-state index is -0.145. The molecular formula is C22H21NO3S. The molecule has 0 saturated carbocycles. The number of para-hydroxylation sites is 2. The number of benzene rings is 2. The molecule has 0 unspecified atom stereocenters. The van der Waals surface area contributed by atoms with Crippen LogP contribution in [0.2, 0.25) is 0 Å². The number of ether oxygens (including phenoxy) is 2. The summed E-state index contributed by atoms with van der Waals surface area (Å²) in [5, 5.41) is 4.86. The van der Waals surface area contributed by atoms with Gasteiger partial charge in [0.2, 0.25) is 0 Å². The number of thiophene rings is 1. The second-order valence-electron chi connectivity index (χ2n) is 6.55. The van der Waals surface area contributed by atoms with Crippen LogP contribution in [-0.2, 0) is 19.4 Å². The summed E-state index contributed by atoms with van der Waals surface area (Å²) in [6, 6.07) is 15.6. The van der Waals surface area contributed by atoms with Gasteiger partial charge in [0.1, 0.15) is 18.1 Å². The van der Waals surface area contributed by atoms with Crippen LogP contribution in [-0.4, -0.2) is 13.0 Å². The van der Waals surface area contributed by atoms with Crippen LogP contribution in [0.5, 0.6) is 11.5 Å². The molecule has 0 fully saturated rings. The number of anilines is 1. The molecule has 4 nitrogen and oxygen atoms in total. The molecular weight excluding hydrogens is 358 g/mol. The van der Waals surface area contributed by atoms with Gasteiger partial charge in [0, 0.05) is 5.56 Å². The van der Waals surface area contributed by atoms with E-state index in [1.807, 2.05) is 41.8 Å². The van der Waals surface area contributed by atoms with E-state index in [-0.39, 0.29) is 5.91 Å². The lowest BCUT2D eigenvalue weighted by atomic mass is 10.1. The maximum absolute atomic E-state index is 12.5. The van der Waals surface area contributed by atoms with Crippen molar-refractivity contribution in [1.82, 2.24) is 0 Å². The number of carbonyl (C=O) groups is 1. The Morgan fingerprint density at radius 1 is 1.11 bits per heavy atom. The summed E-state index contributed by atoms with van der Waals surface area (Å²) in [6.07, 6.45) is 3.54. The molecule has 0 radical (unpaired) electrons. The van der Waals surface area contributed by atoms with Crippen molar-refractivity contribution >= 4 is 22.9 Å². The standard InChI is InChI=1S/C22H21NO3S/c1-25-20-8-3-2-7-19(20)23-22(24)21-11-15(14-27-21)13-26-18-10-9-16-5-4-6-17(16)12-18/h2-3,7-12,14H,4-6,13H2,1H3,(H,23,24). The third-order valence-corrected chi connectivity index (χ3v) is 5.69. The lowest BCUT2D eigenvalue weighted by molar-refractivity contribution is 0.103. The second-order valence-corrected chi connectivity index (χ2v) is 7.46. The summed E-state index contributed by atoms with van der Waals surface area (Å²) in [7, 11) is 1.59. The highest BCUT2D eigenvalue weighted by Gasteiger charge is 2.13. The number of fused-ring (bicyclic) bond motifs is 1. The van der Waals surface area contributed by atoms with Crippen LogP contribution < -0.4 is 14.8 Å².